The van der Waals surface area contributed by atoms with Crippen LogP contribution in [0, 0.1) is 0 Å². The minimum absolute atomic E-state index is 0.0443. The molecule has 0 spiro atoms. The minimum atomic E-state index is -1.06. The molecule has 4 rings (SSSR count). The molecule has 1 saturated heterocycles. The number of imide groups is 1. The maximum atomic E-state index is 12.0. The zero-order valence-electron chi connectivity index (χ0n) is 15.4. The summed E-state index contributed by atoms with van der Waals surface area (Å²) in [7, 11) is 0. The average Bonchev–Trinajstić information content (AvgIpc) is 3.18. The lowest BCUT2D eigenvalue weighted by Crippen LogP contribution is -2.32. The van der Waals surface area contributed by atoms with Crippen LogP contribution in [0.25, 0.3) is 11.1 Å². The van der Waals surface area contributed by atoms with Crippen molar-refractivity contribution in [2.75, 3.05) is 18.5 Å². The van der Waals surface area contributed by atoms with E-state index in [9.17, 15) is 14.4 Å². The van der Waals surface area contributed by atoms with Crippen LogP contribution in [0.2, 0.25) is 0 Å². The van der Waals surface area contributed by atoms with Crippen molar-refractivity contribution in [3.8, 4) is 11.1 Å². The maximum absolute atomic E-state index is 12.0. The summed E-state index contributed by atoms with van der Waals surface area (Å²) in [5.41, 5.74) is 5.32. The fourth-order valence-corrected chi connectivity index (χ4v) is 3.71. The van der Waals surface area contributed by atoms with Crippen molar-refractivity contribution >= 4 is 23.7 Å². The number of hydrogen-bond acceptors (Lipinski definition) is 6. The summed E-state index contributed by atoms with van der Waals surface area (Å²) in [6.07, 6.45) is -0.969. The molecule has 144 valence electrons. The van der Waals surface area contributed by atoms with Gasteiger partial charge in [-0.25, -0.2) is 4.79 Å². The van der Waals surface area contributed by atoms with E-state index in [1.54, 1.807) is 0 Å². The van der Waals surface area contributed by atoms with E-state index >= 15 is 0 Å². The van der Waals surface area contributed by atoms with Gasteiger partial charge in [-0.3, -0.25) is 14.4 Å². The molecule has 0 aromatic heterocycles. The second-order valence-electron chi connectivity index (χ2n) is 6.71. The number of carbonyl (C=O) groups is 3. The predicted molar refractivity (Wildman–Crippen MR) is 101 cm³/mol. The topological polar surface area (TPSA) is 84.9 Å². The molecule has 2 aromatic carbocycles. The zero-order valence-corrected chi connectivity index (χ0v) is 15.4. The molecule has 1 heterocycles. The molecule has 1 atom stereocenters. The van der Waals surface area contributed by atoms with E-state index in [1.807, 2.05) is 37.3 Å². The fourth-order valence-electron chi connectivity index (χ4n) is 3.71. The van der Waals surface area contributed by atoms with Gasteiger partial charge >= 0.3 is 6.16 Å². The Morgan fingerprint density at radius 1 is 1.07 bits per heavy atom. The molecular weight excluding hydrogens is 360 g/mol. The van der Waals surface area contributed by atoms with Gasteiger partial charge in [0.1, 0.15) is 6.61 Å². The SMILES string of the molecule is CCNc1ccc2c(c1)C(COC(=O)ON1C(=O)CCC1=O)c1ccccc1-2. The summed E-state index contributed by atoms with van der Waals surface area (Å²) in [6, 6.07) is 14.1. The number of fused-ring (bicyclic) bond motifs is 3. The number of nitrogens with one attached hydrogen (secondary N) is 1. The van der Waals surface area contributed by atoms with Gasteiger partial charge in [-0.2, -0.15) is 0 Å². The lowest BCUT2D eigenvalue weighted by atomic mass is 9.97. The first-order chi connectivity index (χ1) is 13.6. The number of amides is 2. The summed E-state index contributed by atoms with van der Waals surface area (Å²) in [6.45, 7) is 2.88. The van der Waals surface area contributed by atoms with Gasteiger partial charge < -0.3 is 10.1 Å². The molecule has 7 heteroatoms. The number of carbonyl (C=O) groups excluding carboxylic acids is 3. The Labute approximate surface area is 162 Å². The van der Waals surface area contributed by atoms with E-state index in [2.05, 4.69) is 17.4 Å². The second kappa shape index (κ2) is 7.34. The average molecular weight is 380 g/mol. The van der Waals surface area contributed by atoms with E-state index < -0.39 is 18.0 Å². The van der Waals surface area contributed by atoms with Crippen molar-refractivity contribution in [3.63, 3.8) is 0 Å². The molecular formula is C21H20N2O5. The van der Waals surface area contributed by atoms with Gasteiger partial charge in [-0.1, -0.05) is 35.4 Å². The number of hydrogen-bond donors (Lipinski definition) is 1. The van der Waals surface area contributed by atoms with Gasteiger partial charge in [-0.05, 0) is 41.3 Å². The first-order valence-corrected chi connectivity index (χ1v) is 9.26. The predicted octanol–water partition coefficient (Wildman–Crippen LogP) is 3.45. The van der Waals surface area contributed by atoms with Crippen LogP contribution in [0.4, 0.5) is 10.5 Å². The van der Waals surface area contributed by atoms with Crippen molar-refractivity contribution in [2.45, 2.75) is 25.7 Å². The molecule has 1 unspecified atom stereocenters. The smallest absolute Gasteiger partial charge is 0.432 e. The van der Waals surface area contributed by atoms with E-state index in [0.717, 1.165) is 34.5 Å². The third-order valence-electron chi connectivity index (χ3n) is 4.97. The molecule has 0 radical (unpaired) electrons. The van der Waals surface area contributed by atoms with E-state index in [-0.39, 0.29) is 25.4 Å². The Kier molecular flexibility index (Phi) is 4.73. The monoisotopic (exact) mass is 380 g/mol. The zero-order chi connectivity index (χ0) is 19.7. The fraction of sp³-hybridized carbons (Fsp3) is 0.286. The lowest BCUT2D eigenvalue weighted by molar-refractivity contribution is -0.177. The Morgan fingerprint density at radius 3 is 2.54 bits per heavy atom. The Bertz CT molecular complexity index is 940. The van der Waals surface area contributed by atoms with Crippen molar-refractivity contribution in [2.24, 2.45) is 0 Å². The highest BCUT2D eigenvalue weighted by atomic mass is 16.8. The number of anilines is 1. The molecule has 28 heavy (non-hydrogen) atoms. The van der Waals surface area contributed by atoms with Crippen molar-refractivity contribution < 1.29 is 24.0 Å². The van der Waals surface area contributed by atoms with Gasteiger partial charge in [0.25, 0.3) is 11.8 Å². The third kappa shape index (κ3) is 3.19. The summed E-state index contributed by atoms with van der Waals surface area (Å²) >= 11 is 0. The van der Waals surface area contributed by atoms with Crippen LogP contribution in [0.3, 0.4) is 0 Å². The van der Waals surface area contributed by atoms with Crippen LogP contribution in [-0.2, 0) is 19.2 Å². The van der Waals surface area contributed by atoms with Crippen LogP contribution in [0.15, 0.2) is 42.5 Å². The van der Waals surface area contributed by atoms with Crippen LogP contribution in [0.5, 0.6) is 0 Å². The van der Waals surface area contributed by atoms with Gasteiger partial charge in [-0.15, -0.1) is 0 Å². The molecule has 0 saturated carbocycles. The summed E-state index contributed by atoms with van der Waals surface area (Å²) < 4.78 is 5.27. The van der Waals surface area contributed by atoms with E-state index in [1.165, 1.54) is 0 Å². The van der Waals surface area contributed by atoms with E-state index in [4.69, 9.17) is 9.57 Å². The minimum Gasteiger partial charge on any atom is -0.432 e. The van der Waals surface area contributed by atoms with Crippen LogP contribution >= 0.6 is 0 Å². The number of benzene rings is 2. The summed E-state index contributed by atoms with van der Waals surface area (Å²) in [5, 5.41) is 3.78. The quantitative estimate of drug-likeness (QED) is 0.632. The van der Waals surface area contributed by atoms with Gasteiger partial charge in [0.05, 0.1) is 0 Å². The number of hydroxylamine groups is 2. The number of nitrogens with zero attached hydrogens (tertiary/aromatic N) is 1. The van der Waals surface area contributed by atoms with E-state index in [0.29, 0.717) is 5.06 Å². The molecule has 7 nitrogen and oxygen atoms in total. The Hall–Kier alpha value is -3.35. The summed E-state index contributed by atoms with van der Waals surface area (Å²) in [5.74, 6) is -1.22. The maximum Gasteiger partial charge on any atom is 0.533 e. The van der Waals surface area contributed by atoms with Crippen LogP contribution in [-0.4, -0.2) is 36.2 Å². The normalized spacial score (nSPS) is 17.3. The van der Waals surface area contributed by atoms with Gasteiger partial charge in [0.2, 0.25) is 0 Å². The highest BCUT2D eigenvalue weighted by molar-refractivity contribution is 6.01. The molecule has 1 aliphatic carbocycles. The van der Waals surface area contributed by atoms with Crippen molar-refractivity contribution in [3.05, 3.63) is 53.6 Å². The van der Waals surface area contributed by atoms with Crippen LogP contribution < -0.4 is 5.32 Å². The standard InChI is InChI=1S/C21H20N2O5/c1-2-22-13-7-8-16-14-5-3-4-6-15(14)18(17(16)11-13)12-27-21(26)28-23-19(24)9-10-20(23)25/h3-8,11,18,22H,2,9-10,12H2,1H3. The Morgan fingerprint density at radius 2 is 1.79 bits per heavy atom. The molecule has 2 aliphatic rings. The Balaban J connectivity index is 1.52. The molecule has 1 fully saturated rings. The number of rotatable bonds is 5. The molecule has 2 amide bonds. The van der Waals surface area contributed by atoms with Crippen LogP contribution in [0.1, 0.15) is 36.8 Å². The largest absolute Gasteiger partial charge is 0.533 e. The molecule has 2 aromatic rings. The second-order valence-corrected chi connectivity index (χ2v) is 6.71. The molecule has 1 aliphatic heterocycles. The number of ether oxygens (including phenoxy) is 1. The first-order valence-electron chi connectivity index (χ1n) is 9.26. The highest BCUT2D eigenvalue weighted by Gasteiger charge is 2.34. The highest BCUT2D eigenvalue weighted by Crippen LogP contribution is 2.45. The van der Waals surface area contributed by atoms with Gasteiger partial charge in [0.15, 0.2) is 0 Å². The molecule has 0 bridgehead atoms. The van der Waals surface area contributed by atoms with Crippen molar-refractivity contribution in [1.82, 2.24) is 5.06 Å². The van der Waals surface area contributed by atoms with Crippen molar-refractivity contribution in [1.29, 1.82) is 0 Å². The molecule has 1 N–H and O–H groups in total. The third-order valence-corrected chi connectivity index (χ3v) is 4.97. The van der Waals surface area contributed by atoms with Gasteiger partial charge in [0, 0.05) is 31.0 Å². The summed E-state index contributed by atoms with van der Waals surface area (Å²) in [4.78, 5) is 40.0. The first kappa shape index (κ1) is 18.0. The lowest BCUT2D eigenvalue weighted by Gasteiger charge is -2.16.